The van der Waals surface area contributed by atoms with Crippen LogP contribution in [0.5, 0.6) is 0 Å². The van der Waals surface area contributed by atoms with Crippen molar-refractivity contribution < 1.29 is 9.90 Å². The number of rotatable bonds is 4. The molecule has 0 saturated heterocycles. The molecule has 0 saturated carbocycles. The van der Waals surface area contributed by atoms with Crippen LogP contribution in [0, 0.1) is 6.92 Å². The summed E-state index contributed by atoms with van der Waals surface area (Å²) >= 11 is 0. The summed E-state index contributed by atoms with van der Waals surface area (Å²) in [5, 5.41) is 9.45. The van der Waals surface area contributed by atoms with Crippen molar-refractivity contribution in [2.45, 2.75) is 33.1 Å². The first-order valence-corrected chi connectivity index (χ1v) is 6.42. The number of benzene rings is 1. The summed E-state index contributed by atoms with van der Waals surface area (Å²) in [6.07, 6.45) is 4.32. The second-order valence-electron chi connectivity index (χ2n) is 4.78. The number of aromatic carboxylic acids is 1. The number of hydrogen-bond acceptors (Lipinski definition) is 2. The number of unbranched alkanes of at least 4 members (excludes halogenated alkanes) is 1. The van der Waals surface area contributed by atoms with E-state index in [1.165, 1.54) is 6.20 Å². The van der Waals surface area contributed by atoms with Gasteiger partial charge in [0.25, 0.3) is 0 Å². The Balaban J connectivity index is 2.66. The summed E-state index contributed by atoms with van der Waals surface area (Å²) in [5.74, 6) is -1.19. The largest absolute Gasteiger partial charge is 0.477 e. The first kappa shape index (κ1) is 13.3. The Morgan fingerprint density at radius 3 is 2.74 bits per heavy atom. The molecule has 1 aromatic heterocycles. The van der Waals surface area contributed by atoms with Gasteiger partial charge >= 0.3 is 5.97 Å². The van der Waals surface area contributed by atoms with E-state index in [2.05, 4.69) is 11.9 Å². The summed E-state index contributed by atoms with van der Waals surface area (Å²) in [6.45, 7) is 4.04. The molecular formula is C15H17NO3. The minimum absolute atomic E-state index is 0.209. The molecule has 0 atom stereocenters. The molecule has 0 radical (unpaired) electrons. The first-order chi connectivity index (χ1) is 9.04. The predicted octanol–water partition coefficient (Wildman–Crippen LogP) is 2.88. The average molecular weight is 259 g/mol. The molecule has 0 aliphatic rings. The highest BCUT2D eigenvalue weighted by atomic mass is 16.4. The number of nitrogens with one attached hydrogen (secondary N) is 1. The standard InChI is InChI=1S/C15H17NO3/c1-3-4-5-10-6-9(2)13-11(7-10)14(17)12(8-16-13)15(18)19/h6-8H,3-5H2,1-2H3,(H,16,17)(H,18,19). The lowest BCUT2D eigenvalue weighted by Crippen LogP contribution is -2.15. The molecule has 0 bridgehead atoms. The van der Waals surface area contributed by atoms with Gasteiger partial charge in [0.2, 0.25) is 5.43 Å². The number of hydrogen-bond donors (Lipinski definition) is 2. The number of aromatic nitrogens is 1. The summed E-state index contributed by atoms with van der Waals surface area (Å²) in [6, 6.07) is 3.86. The minimum atomic E-state index is -1.19. The molecule has 2 rings (SSSR count). The van der Waals surface area contributed by atoms with Gasteiger partial charge in [-0.25, -0.2) is 4.79 Å². The maximum Gasteiger partial charge on any atom is 0.341 e. The van der Waals surface area contributed by atoms with E-state index in [1.54, 1.807) is 0 Å². The van der Waals surface area contributed by atoms with Gasteiger partial charge in [0.05, 0.1) is 5.52 Å². The van der Waals surface area contributed by atoms with Crippen molar-refractivity contribution in [2.24, 2.45) is 0 Å². The van der Waals surface area contributed by atoms with E-state index >= 15 is 0 Å². The third-order valence-electron chi connectivity index (χ3n) is 3.29. The molecule has 0 spiro atoms. The highest BCUT2D eigenvalue weighted by Gasteiger charge is 2.13. The zero-order valence-corrected chi connectivity index (χ0v) is 11.1. The van der Waals surface area contributed by atoms with Crippen LogP contribution in [0.2, 0.25) is 0 Å². The van der Waals surface area contributed by atoms with Gasteiger partial charge in [-0.05, 0) is 37.0 Å². The van der Waals surface area contributed by atoms with Crippen LogP contribution in [-0.4, -0.2) is 16.1 Å². The lowest BCUT2D eigenvalue weighted by Gasteiger charge is -2.07. The molecule has 100 valence electrons. The summed E-state index contributed by atoms with van der Waals surface area (Å²) in [7, 11) is 0. The van der Waals surface area contributed by atoms with Crippen LogP contribution >= 0.6 is 0 Å². The monoisotopic (exact) mass is 259 g/mol. The number of carbonyl (C=O) groups is 1. The van der Waals surface area contributed by atoms with Crippen molar-refractivity contribution in [1.82, 2.24) is 4.98 Å². The van der Waals surface area contributed by atoms with Crippen molar-refractivity contribution in [3.63, 3.8) is 0 Å². The fraction of sp³-hybridized carbons (Fsp3) is 0.333. The van der Waals surface area contributed by atoms with E-state index in [9.17, 15) is 9.59 Å². The third kappa shape index (κ3) is 2.52. The topological polar surface area (TPSA) is 70.2 Å². The number of carboxylic acids is 1. The molecule has 1 aromatic carbocycles. The molecular weight excluding hydrogens is 242 g/mol. The average Bonchev–Trinajstić information content (AvgIpc) is 2.37. The molecule has 2 aromatic rings. The quantitative estimate of drug-likeness (QED) is 0.887. The molecule has 1 heterocycles. The Morgan fingerprint density at radius 2 is 2.11 bits per heavy atom. The summed E-state index contributed by atoms with van der Waals surface area (Å²) in [4.78, 5) is 26.0. The third-order valence-corrected chi connectivity index (χ3v) is 3.29. The Kier molecular flexibility index (Phi) is 3.69. The number of H-pyrrole nitrogens is 1. The zero-order chi connectivity index (χ0) is 14.0. The van der Waals surface area contributed by atoms with Gasteiger partial charge in [-0.2, -0.15) is 0 Å². The normalized spacial score (nSPS) is 10.8. The summed E-state index contributed by atoms with van der Waals surface area (Å²) < 4.78 is 0. The van der Waals surface area contributed by atoms with Gasteiger partial charge in [-0.1, -0.05) is 19.4 Å². The predicted molar refractivity (Wildman–Crippen MR) is 74.9 cm³/mol. The maximum atomic E-state index is 12.1. The minimum Gasteiger partial charge on any atom is -0.477 e. The highest BCUT2D eigenvalue weighted by Crippen LogP contribution is 2.18. The first-order valence-electron chi connectivity index (χ1n) is 6.42. The van der Waals surface area contributed by atoms with Gasteiger partial charge in [0.1, 0.15) is 5.56 Å². The van der Waals surface area contributed by atoms with Crippen LogP contribution in [0.1, 0.15) is 41.3 Å². The molecule has 0 aliphatic heterocycles. The van der Waals surface area contributed by atoms with E-state index in [0.29, 0.717) is 5.39 Å². The Bertz CT molecular complexity index is 686. The molecule has 19 heavy (non-hydrogen) atoms. The number of aromatic amines is 1. The van der Waals surface area contributed by atoms with E-state index in [0.717, 1.165) is 35.9 Å². The Morgan fingerprint density at radius 1 is 1.37 bits per heavy atom. The van der Waals surface area contributed by atoms with E-state index in [-0.39, 0.29) is 5.56 Å². The fourth-order valence-corrected chi connectivity index (χ4v) is 2.27. The van der Waals surface area contributed by atoms with Crippen LogP contribution < -0.4 is 5.43 Å². The second-order valence-corrected chi connectivity index (χ2v) is 4.78. The molecule has 0 amide bonds. The van der Waals surface area contributed by atoms with Gasteiger partial charge < -0.3 is 10.1 Å². The van der Waals surface area contributed by atoms with E-state index < -0.39 is 11.4 Å². The fourth-order valence-electron chi connectivity index (χ4n) is 2.27. The van der Waals surface area contributed by atoms with Crippen molar-refractivity contribution in [3.05, 3.63) is 45.2 Å². The van der Waals surface area contributed by atoms with Crippen molar-refractivity contribution in [2.75, 3.05) is 0 Å². The lowest BCUT2D eigenvalue weighted by molar-refractivity contribution is 0.0695. The van der Waals surface area contributed by atoms with Crippen molar-refractivity contribution in [3.8, 4) is 0 Å². The molecule has 2 N–H and O–H groups in total. The molecule has 0 unspecified atom stereocenters. The number of aryl methyl sites for hydroxylation is 2. The lowest BCUT2D eigenvalue weighted by atomic mass is 10.0. The SMILES string of the molecule is CCCCc1cc(C)c2[nH]cc(C(=O)O)c(=O)c2c1. The molecule has 0 fully saturated rings. The molecule has 4 nitrogen and oxygen atoms in total. The zero-order valence-electron chi connectivity index (χ0n) is 11.1. The summed E-state index contributed by atoms with van der Waals surface area (Å²) in [5.41, 5.74) is 2.15. The van der Waals surface area contributed by atoms with Gasteiger partial charge in [-0.15, -0.1) is 0 Å². The van der Waals surface area contributed by atoms with Crippen LogP contribution in [0.4, 0.5) is 0 Å². The number of fused-ring (bicyclic) bond motifs is 1. The van der Waals surface area contributed by atoms with E-state index in [4.69, 9.17) is 5.11 Å². The maximum absolute atomic E-state index is 12.1. The van der Waals surface area contributed by atoms with Gasteiger partial charge in [0, 0.05) is 11.6 Å². The Hall–Kier alpha value is -2.10. The van der Waals surface area contributed by atoms with Gasteiger partial charge in [-0.3, -0.25) is 4.79 Å². The van der Waals surface area contributed by atoms with Crippen molar-refractivity contribution in [1.29, 1.82) is 0 Å². The molecule has 4 heteroatoms. The van der Waals surface area contributed by atoms with Crippen LogP contribution in [0.3, 0.4) is 0 Å². The Labute approximate surface area is 111 Å². The molecule has 0 aliphatic carbocycles. The second kappa shape index (κ2) is 5.26. The smallest absolute Gasteiger partial charge is 0.341 e. The van der Waals surface area contributed by atoms with E-state index in [1.807, 2.05) is 19.1 Å². The van der Waals surface area contributed by atoms with Gasteiger partial charge in [0.15, 0.2) is 0 Å². The van der Waals surface area contributed by atoms with Crippen LogP contribution in [0.15, 0.2) is 23.1 Å². The number of carboxylic acid groups (broad SMARTS) is 1. The highest BCUT2D eigenvalue weighted by molar-refractivity contribution is 5.93. The van der Waals surface area contributed by atoms with Crippen molar-refractivity contribution >= 4 is 16.9 Å². The number of pyridine rings is 1. The van der Waals surface area contributed by atoms with Crippen LogP contribution in [-0.2, 0) is 6.42 Å². The van der Waals surface area contributed by atoms with Crippen LogP contribution in [0.25, 0.3) is 10.9 Å².